The molecule has 0 amide bonds. The molecule has 0 aromatic carbocycles. The van der Waals surface area contributed by atoms with E-state index < -0.39 is 5.97 Å². The molecule has 1 saturated carbocycles. The quantitative estimate of drug-likeness (QED) is 0.817. The van der Waals surface area contributed by atoms with Crippen LogP contribution < -0.4 is 0 Å². The highest BCUT2D eigenvalue weighted by Crippen LogP contribution is 2.32. The van der Waals surface area contributed by atoms with E-state index in [-0.39, 0.29) is 12.0 Å². The lowest BCUT2D eigenvalue weighted by Crippen LogP contribution is -2.48. The molecule has 1 N–H and O–H groups in total. The van der Waals surface area contributed by atoms with Crippen molar-refractivity contribution in [2.75, 3.05) is 7.05 Å². The Labute approximate surface area is 88.5 Å². The molecule has 1 heterocycles. The lowest BCUT2D eigenvalue weighted by atomic mass is 9.78. The molecule has 4 nitrogen and oxygen atoms in total. The number of furan rings is 1. The zero-order valence-corrected chi connectivity index (χ0v) is 8.72. The SMILES string of the molecule is CN(Cc1ccoc1)C1CCC1C(=O)O. The second kappa shape index (κ2) is 4.06. The maximum absolute atomic E-state index is 10.9. The van der Waals surface area contributed by atoms with Crippen LogP contribution >= 0.6 is 0 Å². The average molecular weight is 209 g/mol. The summed E-state index contributed by atoms with van der Waals surface area (Å²) in [4.78, 5) is 12.9. The van der Waals surface area contributed by atoms with Crippen LogP contribution in [-0.4, -0.2) is 29.1 Å². The van der Waals surface area contributed by atoms with Gasteiger partial charge in [0, 0.05) is 18.2 Å². The summed E-state index contributed by atoms with van der Waals surface area (Å²) in [5, 5.41) is 8.93. The molecule has 1 aromatic heterocycles. The largest absolute Gasteiger partial charge is 0.481 e. The topological polar surface area (TPSA) is 53.7 Å². The molecular formula is C11H15NO3. The molecule has 1 aromatic rings. The Morgan fingerprint density at radius 2 is 2.47 bits per heavy atom. The van der Waals surface area contributed by atoms with Gasteiger partial charge >= 0.3 is 5.97 Å². The van der Waals surface area contributed by atoms with Crippen molar-refractivity contribution in [3.63, 3.8) is 0 Å². The summed E-state index contributed by atoms with van der Waals surface area (Å²) in [5.41, 5.74) is 1.09. The van der Waals surface area contributed by atoms with Gasteiger partial charge in [-0.2, -0.15) is 0 Å². The third kappa shape index (κ3) is 2.04. The van der Waals surface area contributed by atoms with Gasteiger partial charge in [0.1, 0.15) is 0 Å². The van der Waals surface area contributed by atoms with E-state index in [0.717, 1.165) is 24.9 Å². The Hall–Kier alpha value is -1.29. The van der Waals surface area contributed by atoms with Crippen LogP contribution in [0.5, 0.6) is 0 Å². The summed E-state index contributed by atoms with van der Waals surface area (Å²) in [7, 11) is 1.97. The summed E-state index contributed by atoms with van der Waals surface area (Å²) in [6.07, 6.45) is 5.12. The smallest absolute Gasteiger partial charge is 0.308 e. The maximum Gasteiger partial charge on any atom is 0.308 e. The first-order valence-electron chi connectivity index (χ1n) is 5.12. The van der Waals surface area contributed by atoms with Crippen molar-refractivity contribution in [1.82, 2.24) is 4.90 Å². The number of hydrogen-bond acceptors (Lipinski definition) is 3. The normalized spacial score (nSPS) is 25.2. The Balaban J connectivity index is 1.91. The average Bonchev–Trinajstić information content (AvgIpc) is 2.52. The number of carbonyl (C=O) groups is 1. The number of hydrogen-bond donors (Lipinski definition) is 1. The van der Waals surface area contributed by atoms with Gasteiger partial charge in [0.2, 0.25) is 0 Å². The Morgan fingerprint density at radius 1 is 1.67 bits per heavy atom. The highest BCUT2D eigenvalue weighted by Gasteiger charge is 2.38. The molecule has 15 heavy (non-hydrogen) atoms. The van der Waals surface area contributed by atoms with Gasteiger partial charge in [-0.05, 0) is 26.0 Å². The molecule has 1 aliphatic carbocycles. The second-order valence-corrected chi connectivity index (χ2v) is 4.14. The van der Waals surface area contributed by atoms with Crippen molar-refractivity contribution in [2.45, 2.75) is 25.4 Å². The molecule has 4 heteroatoms. The van der Waals surface area contributed by atoms with E-state index in [0.29, 0.717) is 0 Å². The molecule has 0 saturated heterocycles. The van der Waals surface area contributed by atoms with Crippen LogP contribution in [-0.2, 0) is 11.3 Å². The molecule has 1 fully saturated rings. The van der Waals surface area contributed by atoms with Crippen LogP contribution in [0.4, 0.5) is 0 Å². The van der Waals surface area contributed by atoms with E-state index in [2.05, 4.69) is 4.90 Å². The molecule has 0 bridgehead atoms. The van der Waals surface area contributed by atoms with Gasteiger partial charge in [-0.15, -0.1) is 0 Å². The Morgan fingerprint density at radius 3 is 2.93 bits per heavy atom. The Kier molecular flexibility index (Phi) is 2.77. The van der Waals surface area contributed by atoms with Crippen molar-refractivity contribution in [3.05, 3.63) is 24.2 Å². The summed E-state index contributed by atoms with van der Waals surface area (Å²) >= 11 is 0. The van der Waals surface area contributed by atoms with Crippen LogP contribution in [0, 0.1) is 5.92 Å². The third-order valence-electron chi connectivity index (χ3n) is 3.13. The van der Waals surface area contributed by atoms with Crippen LogP contribution in [0.1, 0.15) is 18.4 Å². The maximum atomic E-state index is 10.9. The van der Waals surface area contributed by atoms with E-state index >= 15 is 0 Å². The van der Waals surface area contributed by atoms with E-state index in [4.69, 9.17) is 9.52 Å². The summed E-state index contributed by atoms with van der Waals surface area (Å²) in [5.74, 6) is -0.868. The number of carboxylic acid groups (broad SMARTS) is 1. The van der Waals surface area contributed by atoms with Crippen molar-refractivity contribution in [3.8, 4) is 0 Å². The monoisotopic (exact) mass is 209 g/mol. The van der Waals surface area contributed by atoms with Gasteiger partial charge in [-0.25, -0.2) is 0 Å². The van der Waals surface area contributed by atoms with Crippen LogP contribution in [0.25, 0.3) is 0 Å². The van der Waals surface area contributed by atoms with Crippen LogP contribution in [0.15, 0.2) is 23.0 Å². The van der Waals surface area contributed by atoms with Gasteiger partial charge in [0.25, 0.3) is 0 Å². The molecule has 2 rings (SSSR count). The van der Waals surface area contributed by atoms with Gasteiger partial charge in [0.05, 0.1) is 18.4 Å². The number of rotatable bonds is 4. The van der Waals surface area contributed by atoms with E-state index in [1.807, 2.05) is 13.1 Å². The van der Waals surface area contributed by atoms with Crippen molar-refractivity contribution < 1.29 is 14.3 Å². The minimum Gasteiger partial charge on any atom is -0.481 e. The lowest BCUT2D eigenvalue weighted by Gasteiger charge is -2.40. The van der Waals surface area contributed by atoms with Crippen molar-refractivity contribution >= 4 is 5.97 Å². The standard InChI is InChI=1S/C11H15NO3/c1-12(6-8-4-5-15-7-8)10-3-2-9(10)11(13)14/h4-5,7,9-10H,2-3,6H2,1H3,(H,13,14). The van der Waals surface area contributed by atoms with Crippen molar-refractivity contribution in [1.29, 1.82) is 0 Å². The van der Waals surface area contributed by atoms with Crippen LogP contribution in [0.3, 0.4) is 0 Å². The van der Waals surface area contributed by atoms with Gasteiger partial charge in [-0.1, -0.05) is 0 Å². The fraction of sp³-hybridized carbons (Fsp3) is 0.545. The number of aliphatic carboxylic acids is 1. The van der Waals surface area contributed by atoms with Gasteiger partial charge in [0.15, 0.2) is 0 Å². The zero-order valence-electron chi connectivity index (χ0n) is 8.72. The molecule has 0 radical (unpaired) electrons. The highest BCUT2D eigenvalue weighted by molar-refractivity contribution is 5.72. The Bertz CT molecular complexity index is 334. The minimum absolute atomic E-state index is 0.178. The van der Waals surface area contributed by atoms with E-state index in [1.165, 1.54) is 0 Å². The lowest BCUT2D eigenvalue weighted by molar-refractivity contribution is -0.148. The minimum atomic E-state index is -0.676. The molecule has 0 spiro atoms. The summed E-state index contributed by atoms with van der Waals surface area (Å²) in [6.45, 7) is 0.755. The zero-order chi connectivity index (χ0) is 10.8. The fourth-order valence-corrected chi connectivity index (χ4v) is 2.09. The highest BCUT2D eigenvalue weighted by atomic mass is 16.4. The first-order valence-corrected chi connectivity index (χ1v) is 5.12. The summed E-state index contributed by atoms with van der Waals surface area (Å²) < 4.78 is 4.98. The molecule has 0 aliphatic heterocycles. The second-order valence-electron chi connectivity index (χ2n) is 4.14. The van der Waals surface area contributed by atoms with Crippen LogP contribution in [0.2, 0.25) is 0 Å². The van der Waals surface area contributed by atoms with Gasteiger partial charge in [-0.3, -0.25) is 9.69 Å². The molecule has 2 atom stereocenters. The molecule has 82 valence electrons. The third-order valence-corrected chi connectivity index (χ3v) is 3.13. The van der Waals surface area contributed by atoms with E-state index in [9.17, 15) is 4.79 Å². The van der Waals surface area contributed by atoms with Crippen molar-refractivity contribution in [2.24, 2.45) is 5.92 Å². The number of carboxylic acids is 1. The predicted octanol–water partition coefficient (Wildman–Crippen LogP) is 1.57. The van der Waals surface area contributed by atoms with E-state index in [1.54, 1.807) is 12.5 Å². The first kappa shape index (κ1) is 10.2. The fourth-order valence-electron chi connectivity index (χ4n) is 2.09. The number of nitrogens with zero attached hydrogens (tertiary/aromatic N) is 1. The molecule has 1 aliphatic rings. The predicted molar refractivity (Wildman–Crippen MR) is 54.3 cm³/mol. The summed E-state index contributed by atoms with van der Waals surface area (Å²) in [6, 6.07) is 2.09. The molecule has 2 unspecified atom stereocenters. The van der Waals surface area contributed by atoms with Gasteiger partial charge < -0.3 is 9.52 Å². The first-order chi connectivity index (χ1) is 7.18. The molecular weight excluding hydrogens is 194 g/mol.